The van der Waals surface area contributed by atoms with Crippen LogP contribution in [-0.4, -0.2) is 30.5 Å². The number of nitrogens with zero attached hydrogens (tertiary/aromatic N) is 1. The Bertz CT molecular complexity index is 753. The van der Waals surface area contributed by atoms with Crippen LogP contribution in [0.4, 0.5) is 10.5 Å². The molecule has 0 aliphatic heterocycles. The number of hydrogen-bond donors (Lipinski definition) is 2. The molecule has 3 rings (SSSR count). The van der Waals surface area contributed by atoms with Crippen molar-refractivity contribution in [1.29, 1.82) is 0 Å². The molecule has 0 saturated heterocycles. The third kappa shape index (κ3) is 5.68. The topological polar surface area (TPSA) is 79.8 Å². The second kappa shape index (κ2) is 9.25. The molecule has 0 heterocycles. The molecule has 6 nitrogen and oxygen atoms in total. The normalized spacial score (nSPS) is 28.9. The van der Waals surface area contributed by atoms with E-state index in [0.717, 1.165) is 31.2 Å². The van der Waals surface area contributed by atoms with Crippen molar-refractivity contribution >= 4 is 24.0 Å². The summed E-state index contributed by atoms with van der Waals surface area (Å²) in [6.45, 7) is 8.29. The molecular formula is C23H31N3O3. The van der Waals surface area contributed by atoms with Crippen molar-refractivity contribution < 1.29 is 14.3 Å². The molecule has 2 atom stereocenters. The number of amides is 1. The number of carbonyl (C=O) groups excluding carboxylic acids is 2. The van der Waals surface area contributed by atoms with Crippen LogP contribution in [0.3, 0.4) is 0 Å². The highest BCUT2D eigenvalue weighted by atomic mass is 16.5. The smallest absolute Gasteiger partial charge is 0.414 e. The average molecular weight is 398 g/mol. The zero-order chi connectivity index (χ0) is 20.9. The number of ether oxygens (including phenoxy) is 1. The Labute approximate surface area is 172 Å². The molecule has 2 fully saturated rings. The van der Waals surface area contributed by atoms with Gasteiger partial charge in [0.05, 0.1) is 5.54 Å². The number of alkyl carbamates (subject to hydrolysis) is 1. The quantitative estimate of drug-likeness (QED) is 0.324. The summed E-state index contributed by atoms with van der Waals surface area (Å²) in [5.74, 6) is 2.31. The molecule has 1 amide bonds. The number of nitrogens with one attached hydrogen (secondary N) is 2. The second-order valence-electron chi connectivity index (χ2n) is 8.72. The number of hydrogen-bond acceptors (Lipinski definition) is 4. The van der Waals surface area contributed by atoms with Crippen LogP contribution >= 0.6 is 0 Å². The first kappa shape index (κ1) is 21.1. The second-order valence-corrected chi connectivity index (χ2v) is 8.72. The minimum absolute atomic E-state index is 0.133. The van der Waals surface area contributed by atoms with E-state index >= 15 is 0 Å². The van der Waals surface area contributed by atoms with Crippen molar-refractivity contribution in [3.8, 4) is 0 Å². The van der Waals surface area contributed by atoms with Crippen LogP contribution in [0.15, 0.2) is 41.9 Å². The Kier molecular flexibility index (Phi) is 6.72. The van der Waals surface area contributed by atoms with Crippen molar-refractivity contribution in [1.82, 2.24) is 5.32 Å². The Morgan fingerprint density at radius 1 is 1.21 bits per heavy atom. The summed E-state index contributed by atoms with van der Waals surface area (Å²) >= 11 is 0. The van der Waals surface area contributed by atoms with Gasteiger partial charge in [-0.15, -0.1) is 0 Å². The molecule has 6 heteroatoms. The van der Waals surface area contributed by atoms with Crippen LogP contribution in [0.1, 0.15) is 56.3 Å². The molecule has 2 aliphatic rings. The molecule has 2 unspecified atom stereocenters. The van der Waals surface area contributed by atoms with E-state index in [9.17, 15) is 9.59 Å². The summed E-state index contributed by atoms with van der Waals surface area (Å²) < 4.78 is 5.09. The van der Waals surface area contributed by atoms with Crippen molar-refractivity contribution in [2.45, 2.75) is 51.5 Å². The maximum absolute atomic E-state index is 12.2. The number of guanidine groups is 1. The lowest BCUT2D eigenvalue weighted by Gasteiger charge is -2.47. The molecule has 1 aromatic rings. The number of fused-ring (bicyclic) bond motifs is 2. The Morgan fingerprint density at radius 2 is 1.86 bits per heavy atom. The minimum Gasteiger partial charge on any atom is -0.445 e. The SMILES string of the molecule is C=CCOC(=O)NC(=NC12CC(C)CC(CC(C)C1)C2)Nc1ccc(C=O)cc1. The van der Waals surface area contributed by atoms with Crippen LogP contribution in [0.2, 0.25) is 0 Å². The fourth-order valence-electron chi connectivity index (χ4n) is 5.16. The van der Waals surface area contributed by atoms with Gasteiger partial charge in [-0.2, -0.15) is 0 Å². The summed E-state index contributed by atoms with van der Waals surface area (Å²) in [7, 11) is 0. The summed E-state index contributed by atoms with van der Waals surface area (Å²) in [5.41, 5.74) is 1.17. The van der Waals surface area contributed by atoms with E-state index in [4.69, 9.17) is 9.73 Å². The van der Waals surface area contributed by atoms with E-state index in [-0.39, 0.29) is 12.1 Å². The first-order chi connectivity index (χ1) is 13.9. The number of anilines is 1. The molecule has 2 N–H and O–H groups in total. The summed E-state index contributed by atoms with van der Waals surface area (Å²) in [6, 6.07) is 7.04. The van der Waals surface area contributed by atoms with Crippen LogP contribution < -0.4 is 10.6 Å². The van der Waals surface area contributed by atoms with Crippen LogP contribution in [0.25, 0.3) is 0 Å². The number of aliphatic imine (C=N–C) groups is 1. The molecule has 0 radical (unpaired) electrons. The van der Waals surface area contributed by atoms with Gasteiger partial charge in [0.2, 0.25) is 5.96 Å². The van der Waals surface area contributed by atoms with Gasteiger partial charge in [-0.1, -0.05) is 26.5 Å². The van der Waals surface area contributed by atoms with Gasteiger partial charge in [0.25, 0.3) is 0 Å². The average Bonchev–Trinajstić information content (AvgIpc) is 2.65. The first-order valence-corrected chi connectivity index (χ1v) is 10.4. The lowest BCUT2D eigenvalue weighted by atomic mass is 9.61. The van der Waals surface area contributed by atoms with Crippen molar-refractivity contribution in [2.24, 2.45) is 22.7 Å². The maximum Gasteiger partial charge on any atom is 0.414 e. The zero-order valence-corrected chi connectivity index (χ0v) is 17.3. The highest BCUT2D eigenvalue weighted by Gasteiger charge is 2.44. The van der Waals surface area contributed by atoms with E-state index in [1.807, 2.05) is 0 Å². The Morgan fingerprint density at radius 3 is 2.45 bits per heavy atom. The summed E-state index contributed by atoms with van der Waals surface area (Å²) in [4.78, 5) is 28.2. The van der Waals surface area contributed by atoms with Crippen molar-refractivity contribution in [3.05, 3.63) is 42.5 Å². The fourth-order valence-corrected chi connectivity index (χ4v) is 5.16. The molecule has 29 heavy (non-hydrogen) atoms. The van der Waals surface area contributed by atoms with Gasteiger partial charge in [0, 0.05) is 11.3 Å². The first-order valence-electron chi connectivity index (χ1n) is 10.4. The highest BCUT2D eigenvalue weighted by molar-refractivity contribution is 6.02. The highest BCUT2D eigenvalue weighted by Crippen LogP contribution is 2.49. The maximum atomic E-state index is 12.2. The van der Waals surface area contributed by atoms with E-state index in [2.05, 4.69) is 31.1 Å². The van der Waals surface area contributed by atoms with E-state index in [0.29, 0.717) is 29.3 Å². The summed E-state index contributed by atoms with van der Waals surface area (Å²) in [5, 5.41) is 5.97. The molecule has 2 bridgehead atoms. The number of rotatable bonds is 5. The van der Waals surface area contributed by atoms with Crippen LogP contribution in [-0.2, 0) is 4.74 Å². The van der Waals surface area contributed by atoms with Gasteiger partial charge in [-0.25, -0.2) is 9.79 Å². The molecule has 156 valence electrons. The molecule has 0 spiro atoms. The van der Waals surface area contributed by atoms with Gasteiger partial charge >= 0.3 is 6.09 Å². The molecule has 2 aliphatic carbocycles. The lowest BCUT2D eigenvalue weighted by molar-refractivity contribution is 0.0851. The van der Waals surface area contributed by atoms with Crippen LogP contribution in [0, 0.1) is 17.8 Å². The number of carbonyl (C=O) groups is 2. The molecule has 1 aromatic carbocycles. The molecule has 2 saturated carbocycles. The van der Waals surface area contributed by atoms with E-state index < -0.39 is 6.09 Å². The predicted molar refractivity (Wildman–Crippen MR) is 115 cm³/mol. The predicted octanol–water partition coefficient (Wildman–Crippen LogP) is 4.78. The van der Waals surface area contributed by atoms with E-state index in [1.165, 1.54) is 18.9 Å². The van der Waals surface area contributed by atoms with Gasteiger partial charge in [-0.3, -0.25) is 10.1 Å². The van der Waals surface area contributed by atoms with Gasteiger partial charge in [0.15, 0.2) is 0 Å². The summed E-state index contributed by atoms with van der Waals surface area (Å²) in [6.07, 6.45) is 7.37. The third-order valence-electron chi connectivity index (χ3n) is 5.81. The Balaban J connectivity index is 1.86. The Hall–Kier alpha value is -2.63. The lowest BCUT2D eigenvalue weighted by Crippen LogP contribution is -2.46. The standard InChI is InChI=1S/C23H31N3O3/c1-4-9-29-22(28)25-21(24-20-7-5-18(15-27)6-8-20)26-23-12-16(2)10-19(14-23)11-17(3)13-23/h4-8,15-17,19H,1,9-14H2,2-3H3,(H2,24,25,26,28). The van der Waals surface area contributed by atoms with Gasteiger partial charge in [0.1, 0.15) is 12.9 Å². The van der Waals surface area contributed by atoms with E-state index in [1.54, 1.807) is 24.3 Å². The van der Waals surface area contributed by atoms with Gasteiger partial charge in [-0.05, 0) is 74.1 Å². The molecule has 0 aromatic heterocycles. The van der Waals surface area contributed by atoms with Gasteiger partial charge < -0.3 is 10.1 Å². The number of aldehydes is 1. The molecular weight excluding hydrogens is 366 g/mol. The van der Waals surface area contributed by atoms with Crippen molar-refractivity contribution in [2.75, 3.05) is 11.9 Å². The fraction of sp³-hybridized carbons (Fsp3) is 0.522. The monoisotopic (exact) mass is 397 g/mol. The van der Waals surface area contributed by atoms with Crippen molar-refractivity contribution in [3.63, 3.8) is 0 Å². The largest absolute Gasteiger partial charge is 0.445 e. The number of benzene rings is 1. The van der Waals surface area contributed by atoms with Crippen LogP contribution in [0.5, 0.6) is 0 Å². The zero-order valence-electron chi connectivity index (χ0n) is 17.3. The minimum atomic E-state index is -0.568. The third-order valence-corrected chi connectivity index (χ3v) is 5.81.